The molecule has 0 aromatic carbocycles. The molecule has 0 fully saturated rings. The maximum atomic E-state index is 4.45. The second kappa shape index (κ2) is 3.26. The third kappa shape index (κ3) is 2.33. The summed E-state index contributed by atoms with van der Waals surface area (Å²) in [4.78, 5) is 4.45. The molecule has 0 N–H and O–H groups in total. The van der Waals surface area contributed by atoms with Crippen molar-refractivity contribution in [1.29, 1.82) is 0 Å². The number of aliphatic imine (C=N–C) groups is 1. The lowest BCUT2D eigenvalue weighted by Crippen LogP contribution is -2.07. The number of hydrogen-bond donors (Lipinski definition) is 0. The minimum Gasteiger partial charge on any atom is -0.265 e. The van der Waals surface area contributed by atoms with E-state index in [1.54, 1.807) is 0 Å². The smallest absolute Gasteiger partial charge is 0.0453 e. The molecule has 0 aromatic rings. The van der Waals surface area contributed by atoms with E-state index in [9.17, 15) is 0 Å². The van der Waals surface area contributed by atoms with Crippen LogP contribution in [-0.2, 0) is 0 Å². The van der Waals surface area contributed by atoms with E-state index >= 15 is 0 Å². The minimum absolute atomic E-state index is 0.158. The lowest BCUT2D eigenvalue weighted by atomic mass is 9.92. The molecule has 1 heterocycles. The zero-order valence-electron chi connectivity index (χ0n) is 8.33. The van der Waals surface area contributed by atoms with E-state index in [0.717, 1.165) is 5.70 Å². The Balaban J connectivity index is 2.88. The lowest BCUT2D eigenvalue weighted by Gasteiger charge is -2.18. The summed E-state index contributed by atoms with van der Waals surface area (Å²) < 4.78 is 0. The van der Waals surface area contributed by atoms with Crippen LogP contribution in [0.25, 0.3) is 0 Å². The van der Waals surface area contributed by atoms with E-state index in [-0.39, 0.29) is 5.41 Å². The first kappa shape index (κ1) is 9.24. The van der Waals surface area contributed by atoms with Crippen molar-refractivity contribution >= 4 is 6.21 Å². The van der Waals surface area contributed by atoms with Crippen LogP contribution in [-0.4, -0.2) is 6.21 Å². The highest BCUT2D eigenvalue weighted by Gasteiger charge is 2.15. The van der Waals surface area contributed by atoms with Crippen molar-refractivity contribution in [2.45, 2.75) is 27.7 Å². The molecular formula is C11H17N. The summed E-state index contributed by atoms with van der Waals surface area (Å²) in [7, 11) is 0. The van der Waals surface area contributed by atoms with Crippen LogP contribution in [0.3, 0.4) is 0 Å². The normalized spacial score (nSPS) is 23.7. The van der Waals surface area contributed by atoms with Crippen LogP contribution in [0, 0.1) is 11.3 Å². The summed E-state index contributed by atoms with van der Waals surface area (Å²) in [5.41, 5.74) is 1.31. The topological polar surface area (TPSA) is 12.4 Å². The summed E-state index contributed by atoms with van der Waals surface area (Å²) >= 11 is 0. The molecule has 1 aliphatic heterocycles. The van der Waals surface area contributed by atoms with E-state index in [2.05, 4.69) is 50.9 Å². The van der Waals surface area contributed by atoms with Crippen LogP contribution < -0.4 is 0 Å². The molecule has 0 saturated carbocycles. The third-order valence-electron chi connectivity index (χ3n) is 1.89. The van der Waals surface area contributed by atoms with Gasteiger partial charge in [0.1, 0.15) is 0 Å². The highest BCUT2D eigenvalue weighted by molar-refractivity contribution is 5.65. The average molecular weight is 163 g/mol. The van der Waals surface area contributed by atoms with E-state index in [4.69, 9.17) is 0 Å². The molecule has 1 atom stereocenters. The van der Waals surface area contributed by atoms with E-state index in [1.165, 1.54) is 0 Å². The first-order valence-electron chi connectivity index (χ1n) is 4.43. The van der Waals surface area contributed by atoms with Gasteiger partial charge in [-0.05, 0) is 6.08 Å². The molecule has 0 saturated heterocycles. The van der Waals surface area contributed by atoms with Gasteiger partial charge in [-0.15, -0.1) is 0 Å². The molecule has 1 rings (SSSR count). The molecule has 0 aliphatic carbocycles. The van der Waals surface area contributed by atoms with Gasteiger partial charge in [-0.25, -0.2) is 0 Å². The fourth-order valence-corrected chi connectivity index (χ4v) is 1.06. The van der Waals surface area contributed by atoms with Crippen LogP contribution in [0.1, 0.15) is 27.7 Å². The van der Waals surface area contributed by atoms with Gasteiger partial charge in [0.2, 0.25) is 0 Å². The number of hydrogen-bond acceptors (Lipinski definition) is 1. The number of rotatable bonds is 0. The van der Waals surface area contributed by atoms with Gasteiger partial charge in [-0.1, -0.05) is 39.8 Å². The molecule has 1 nitrogen and oxygen atoms in total. The van der Waals surface area contributed by atoms with Crippen molar-refractivity contribution in [3.8, 4) is 0 Å². The predicted octanol–water partition coefficient (Wildman–Crippen LogP) is 3.19. The van der Waals surface area contributed by atoms with E-state index in [0.29, 0.717) is 5.92 Å². The summed E-state index contributed by atoms with van der Waals surface area (Å²) in [6.07, 6.45) is 8.35. The van der Waals surface area contributed by atoms with Gasteiger partial charge in [0.05, 0.1) is 0 Å². The van der Waals surface area contributed by atoms with Crippen LogP contribution in [0.5, 0.6) is 0 Å². The summed E-state index contributed by atoms with van der Waals surface area (Å²) in [6, 6.07) is 0. The Morgan fingerprint density at radius 1 is 1.33 bits per heavy atom. The van der Waals surface area contributed by atoms with Crippen LogP contribution in [0.15, 0.2) is 28.9 Å². The Labute approximate surface area is 74.9 Å². The largest absolute Gasteiger partial charge is 0.265 e. The molecule has 1 heteroatoms. The Morgan fingerprint density at radius 2 is 2.00 bits per heavy atom. The zero-order chi connectivity index (χ0) is 9.19. The second-order valence-corrected chi connectivity index (χ2v) is 4.32. The van der Waals surface area contributed by atoms with E-state index < -0.39 is 0 Å². The SMILES string of the molecule is CC1C=CC=C(C(C)(C)C)N=C1. The molecule has 66 valence electrons. The van der Waals surface area contributed by atoms with Gasteiger partial charge in [0.25, 0.3) is 0 Å². The average Bonchev–Trinajstić information content (AvgIpc) is 2.11. The summed E-state index contributed by atoms with van der Waals surface area (Å²) in [5.74, 6) is 0.459. The fraction of sp³-hybridized carbons (Fsp3) is 0.545. The van der Waals surface area contributed by atoms with Gasteiger partial charge >= 0.3 is 0 Å². The monoisotopic (exact) mass is 163 g/mol. The molecule has 0 spiro atoms. The Hall–Kier alpha value is -0.850. The number of allylic oxidation sites excluding steroid dienone is 4. The fourth-order valence-electron chi connectivity index (χ4n) is 1.06. The number of nitrogens with zero attached hydrogens (tertiary/aromatic N) is 1. The molecule has 0 aromatic heterocycles. The zero-order valence-corrected chi connectivity index (χ0v) is 8.33. The van der Waals surface area contributed by atoms with Crippen molar-refractivity contribution in [3.05, 3.63) is 23.9 Å². The van der Waals surface area contributed by atoms with E-state index in [1.807, 2.05) is 6.21 Å². The summed E-state index contributed by atoms with van der Waals surface area (Å²) in [5, 5.41) is 0. The molecule has 12 heavy (non-hydrogen) atoms. The van der Waals surface area contributed by atoms with Gasteiger partial charge in [0.15, 0.2) is 0 Å². The van der Waals surface area contributed by atoms with Crippen LogP contribution in [0.4, 0.5) is 0 Å². The lowest BCUT2D eigenvalue weighted by molar-refractivity contribution is 0.499. The van der Waals surface area contributed by atoms with Crippen molar-refractivity contribution in [3.63, 3.8) is 0 Å². The maximum absolute atomic E-state index is 4.45. The van der Waals surface area contributed by atoms with Crippen molar-refractivity contribution in [2.75, 3.05) is 0 Å². The molecule has 0 amide bonds. The highest BCUT2D eigenvalue weighted by Crippen LogP contribution is 2.27. The first-order chi connectivity index (χ1) is 5.50. The van der Waals surface area contributed by atoms with Gasteiger partial charge in [-0.2, -0.15) is 0 Å². The molecule has 1 unspecified atom stereocenters. The molecule has 0 bridgehead atoms. The van der Waals surface area contributed by atoms with Crippen molar-refractivity contribution in [2.24, 2.45) is 16.3 Å². The first-order valence-corrected chi connectivity index (χ1v) is 4.43. The standard InChI is InChI=1S/C11H17N/c1-9-6-5-7-10(12-8-9)11(2,3)4/h5-9H,1-4H3. The molecule has 0 radical (unpaired) electrons. The van der Waals surface area contributed by atoms with Gasteiger partial charge in [-0.3, -0.25) is 4.99 Å². The Kier molecular flexibility index (Phi) is 2.51. The predicted molar refractivity (Wildman–Crippen MR) is 54.3 cm³/mol. The van der Waals surface area contributed by atoms with Crippen molar-refractivity contribution < 1.29 is 0 Å². The van der Waals surface area contributed by atoms with Crippen LogP contribution >= 0.6 is 0 Å². The highest BCUT2D eigenvalue weighted by atomic mass is 14.8. The third-order valence-corrected chi connectivity index (χ3v) is 1.89. The van der Waals surface area contributed by atoms with Gasteiger partial charge < -0.3 is 0 Å². The quantitative estimate of drug-likeness (QED) is 0.520. The second-order valence-electron chi connectivity index (χ2n) is 4.32. The molecule has 1 aliphatic rings. The maximum Gasteiger partial charge on any atom is 0.0453 e. The molecular weight excluding hydrogens is 146 g/mol. The van der Waals surface area contributed by atoms with Crippen LogP contribution in [0.2, 0.25) is 0 Å². The Morgan fingerprint density at radius 3 is 2.58 bits per heavy atom. The Bertz CT molecular complexity index is 238. The minimum atomic E-state index is 0.158. The summed E-state index contributed by atoms with van der Waals surface area (Å²) in [6.45, 7) is 8.68. The van der Waals surface area contributed by atoms with Crippen molar-refractivity contribution in [1.82, 2.24) is 0 Å². The van der Waals surface area contributed by atoms with Gasteiger partial charge in [0, 0.05) is 23.2 Å².